The van der Waals surface area contributed by atoms with Crippen molar-refractivity contribution in [2.75, 3.05) is 12.4 Å². The molecule has 96 valence electrons. The van der Waals surface area contributed by atoms with Crippen molar-refractivity contribution in [3.05, 3.63) is 58.9 Å². The predicted octanol–water partition coefficient (Wildman–Crippen LogP) is 0.981. The van der Waals surface area contributed by atoms with Crippen molar-refractivity contribution in [3.8, 4) is 0 Å². The van der Waals surface area contributed by atoms with Gasteiger partial charge in [0.1, 0.15) is 11.3 Å². The van der Waals surface area contributed by atoms with E-state index in [4.69, 9.17) is 0 Å². The number of hydrogen-bond donors (Lipinski definition) is 1. The van der Waals surface area contributed by atoms with Crippen molar-refractivity contribution in [1.82, 2.24) is 19.2 Å². The zero-order valence-electron chi connectivity index (χ0n) is 10.4. The molecule has 0 fully saturated rings. The van der Waals surface area contributed by atoms with Gasteiger partial charge in [0, 0.05) is 19.4 Å². The van der Waals surface area contributed by atoms with E-state index in [2.05, 4.69) is 15.4 Å². The van der Waals surface area contributed by atoms with Crippen molar-refractivity contribution < 1.29 is 0 Å². The van der Waals surface area contributed by atoms with Gasteiger partial charge in [0.25, 0.3) is 5.56 Å². The summed E-state index contributed by atoms with van der Waals surface area (Å²) in [6.07, 6.45) is 5.09. The van der Waals surface area contributed by atoms with Crippen LogP contribution in [-0.4, -0.2) is 26.2 Å². The molecule has 3 aromatic heterocycles. The number of aromatic nitrogens is 4. The second-order valence-electron chi connectivity index (χ2n) is 4.16. The Kier molecular flexibility index (Phi) is 2.75. The first-order chi connectivity index (χ1) is 9.28. The molecule has 0 atom stereocenters. The largest absolute Gasteiger partial charge is 0.373 e. The maximum atomic E-state index is 12.2. The molecule has 0 amide bonds. The smallest absolute Gasteiger partial charge is 0.276 e. The third-order valence-corrected chi connectivity index (χ3v) is 2.93. The molecule has 0 saturated carbocycles. The van der Waals surface area contributed by atoms with Crippen LogP contribution in [0.5, 0.6) is 0 Å². The fourth-order valence-corrected chi connectivity index (χ4v) is 1.97. The molecule has 0 aliphatic carbocycles. The van der Waals surface area contributed by atoms with E-state index in [-0.39, 0.29) is 5.56 Å². The molecule has 0 aromatic carbocycles. The van der Waals surface area contributed by atoms with Crippen LogP contribution in [0.3, 0.4) is 0 Å². The van der Waals surface area contributed by atoms with E-state index in [0.29, 0.717) is 12.1 Å². The average molecular weight is 255 g/mol. The molecular formula is C13H13N5O. The number of anilines is 1. The minimum Gasteiger partial charge on any atom is -0.373 e. The Morgan fingerprint density at radius 3 is 3.00 bits per heavy atom. The summed E-state index contributed by atoms with van der Waals surface area (Å²) in [4.78, 5) is 16.6. The monoisotopic (exact) mass is 255 g/mol. The molecular weight excluding hydrogens is 242 g/mol. The minimum atomic E-state index is -0.0725. The molecule has 0 spiro atoms. The summed E-state index contributed by atoms with van der Waals surface area (Å²) in [6, 6.07) is 7.40. The third-order valence-electron chi connectivity index (χ3n) is 2.93. The van der Waals surface area contributed by atoms with Gasteiger partial charge in [0.15, 0.2) is 0 Å². The summed E-state index contributed by atoms with van der Waals surface area (Å²) >= 11 is 0. The van der Waals surface area contributed by atoms with Crippen LogP contribution >= 0.6 is 0 Å². The third kappa shape index (κ3) is 2.08. The zero-order valence-corrected chi connectivity index (χ0v) is 10.4. The highest BCUT2D eigenvalue weighted by molar-refractivity contribution is 5.42. The van der Waals surface area contributed by atoms with Gasteiger partial charge in [0.05, 0.1) is 18.4 Å². The Balaban J connectivity index is 2.00. The van der Waals surface area contributed by atoms with E-state index in [0.717, 1.165) is 11.5 Å². The number of nitrogens with one attached hydrogen (secondary N) is 1. The fraction of sp³-hybridized carbons (Fsp3) is 0.154. The molecule has 0 saturated heterocycles. The first-order valence-electron chi connectivity index (χ1n) is 5.94. The molecule has 3 heterocycles. The highest BCUT2D eigenvalue weighted by Gasteiger charge is 2.04. The first-order valence-corrected chi connectivity index (χ1v) is 5.94. The lowest BCUT2D eigenvalue weighted by Gasteiger charge is -2.07. The first kappa shape index (κ1) is 11.5. The average Bonchev–Trinajstić information content (AvgIpc) is 2.91. The van der Waals surface area contributed by atoms with Crippen LogP contribution in [0.25, 0.3) is 5.52 Å². The maximum absolute atomic E-state index is 12.2. The molecule has 0 aliphatic heterocycles. The summed E-state index contributed by atoms with van der Waals surface area (Å²) in [5.74, 6) is 0.788. The van der Waals surface area contributed by atoms with Crippen molar-refractivity contribution in [1.29, 1.82) is 0 Å². The molecule has 1 N–H and O–H groups in total. The fourth-order valence-electron chi connectivity index (χ4n) is 1.97. The predicted molar refractivity (Wildman–Crippen MR) is 72.3 cm³/mol. The molecule has 0 radical (unpaired) electrons. The second-order valence-corrected chi connectivity index (χ2v) is 4.16. The highest BCUT2D eigenvalue weighted by Crippen LogP contribution is 2.05. The zero-order chi connectivity index (χ0) is 13.2. The van der Waals surface area contributed by atoms with Crippen LogP contribution in [0, 0.1) is 0 Å². The molecule has 3 rings (SSSR count). The quantitative estimate of drug-likeness (QED) is 0.757. The van der Waals surface area contributed by atoms with Crippen molar-refractivity contribution >= 4 is 11.3 Å². The van der Waals surface area contributed by atoms with Gasteiger partial charge in [-0.25, -0.2) is 9.50 Å². The van der Waals surface area contributed by atoms with Crippen LogP contribution in [0.1, 0.15) is 5.69 Å². The molecule has 0 bridgehead atoms. The summed E-state index contributed by atoms with van der Waals surface area (Å²) in [6.45, 7) is 0.441. The molecule has 6 nitrogen and oxygen atoms in total. The van der Waals surface area contributed by atoms with Crippen LogP contribution < -0.4 is 10.9 Å². The Hall–Kier alpha value is -2.63. The second kappa shape index (κ2) is 4.56. The van der Waals surface area contributed by atoms with E-state index in [9.17, 15) is 4.79 Å². The van der Waals surface area contributed by atoms with Gasteiger partial charge in [-0.15, -0.1) is 0 Å². The van der Waals surface area contributed by atoms with Crippen LogP contribution in [0.2, 0.25) is 0 Å². The van der Waals surface area contributed by atoms with Crippen LogP contribution in [-0.2, 0) is 6.54 Å². The summed E-state index contributed by atoms with van der Waals surface area (Å²) in [5.41, 5.74) is 1.32. The van der Waals surface area contributed by atoms with E-state index in [1.807, 2.05) is 25.2 Å². The minimum absolute atomic E-state index is 0.0725. The SMILES string of the molecule is CNc1cccc(Cn2ccn3nccc3c2=O)n1. The van der Waals surface area contributed by atoms with Gasteiger partial charge in [-0.2, -0.15) is 5.10 Å². The Bertz CT molecular complexity index is 774. The molecule has 0 aliphatic rings. The van der Waals surface area contributed by atoms with E-state index < -0.39 is 0 Å². The van der Waals surface area contributed by atoms with Crippen molar-refractivity contribution in [2.24, 2.45) is 0 Å². The summed E-state index contributed by atoms with van der Waals surface area (Å²) in [5, 5.41) is 7.01. The normalized spacial score (nSPS) is 10.8. The van der Waals surface area contributed by atoms with Gasteiger partial charge in [0.2, 0.25) is 0 Å². The Labute approximate surface area is 109 Å². The topological polar surface area (TPSA) is 64.2 Å². The lowest BCUT2D eigenvalue weighted by molar-refractivity contribution is 0.727. The van der Waals surface area contributed by atoms with E-state index >= 15 is 0 Å². The number of pyridine rings is 1. The van der Waals surface area contributed by atoms with E-state index in [1.54, 1.807) is 33.7 Å². The van der Waals surface area contributed by atoms with Crippen molar-refractivity contribution in [3.63, 3.8) is 0 Å². The van der Waals surface area contributed by atoms with E-state index in [1.165, 1.54) is 0 Å². The lowest BCUT2D eigenvalue weighted by Crippen LogP contribution is -2.22. The standard InChI is InChI=1S/C13H13N5O/c1-14-12-4-2-3-10(16-12)9-17-7-8-18-11(13(17)19)5-6-15-18/h2-8H,9H2,1H3,(H,14,16). The van der Waals surface area contributed by atoms with Crippen LogP contribution in [0.15, 0.2) is 47.7 Å². The number of nitrogens with zero attached hydrogens (tertiary/aromatic N) is 4. The maximum Gasteiger partial charge on any atom is 0.276 e. The Morgan fingerprint density at radius 1 is 1.26 bits per heavy atom. The van der Waals surface area contributed by atoms with Crippen LogP contribution in [0.4, 0.5) is 5.82 Å². The summed E-state index contributed by atoms with van der Waals surface area (Å²) < 4.78 is 3.19. The molecule has 19 heavy (non-hydrogen) atoms. The van der Waals surface area contributed by atoms with Gasteiger partial charge in [-0.05, 0) is 18.2 Å². The highest BCUT2D eigenvalue weighted by atomic mass is 16.1. The Morgan fingerprint density at radius 2 is 2.16 bits per heavy atom. The molecule has 6 heteroatoms. The van der Waals surface area contributed by atoms with Gasteiger partial charge >= 0.3 is 0 Å². The number of rotatable bonds is 3. The van der Waals surface area contributed by atoms with Gasteiger partial charge in [-0.3, -0.25) is 4.79 Å². The molecule has 0 unspecified atom stereocenters. The number of fused-ring (bicyclic) bond motifs is 1. The van der Waals surface area contributed by atoms with Crippen molar-refractivity contribution in [2.45, 2.75) is 6.54 Å². The number of hydrogen-bond acceptors (Lipinski definition) is 4. The summed E-state index contributed by atoms with van der Waals surface area (Å²) in [7, 11) is 1.82. The lowest BCUT2D eigenvalue weighted by atomic mass is 10.3. The molecule has 3 aromatic rings. The van der Waals surface area contributed by atoms with Gasteiger partial charge < -0.3 is 9.88 Å². The van der Waals surface area contributed by atoms with Gasteiger partial charge in [-0.1, -0.05) is 6.07 Å².